The third kappa shape index (κ3) is 15.1. The van der Waals surface area contributed by atoms with Crippen molar-refractivity contribution in [3.8, 4) is 0 Å². The van der Waals surface area contributed by atoms with Gasteiger partial charge in [-0.05, 0) is 86.7 Å². The van der Waals surface area contributed by atoms with E-state index in [1.807, 2.05) is 43.3 Å². The Hall–Kier alpha value is -1.78. The number of para-hydroxylation sites is 1. The molecule has 1 unspecified atom stereocenters. The molecule has 0 fully saturated rings. The molecule has 0 aliphatic carbocycles. The van der Waals surface area contributed by atoms with Crippen LogP contribution in [0.5, 0.6) is 0 Å². The molecule has 0 aromatic heterocycles. The van der Waals surface area contributed by atoms with Gasteiger partial charge in [0.05, 0.1) is 29.5 Å². The van der Waals surface area contributed by atoms with Crippen molar-refractivity contribution < 1.29 is 147 Å². The average molecular weight is 942 g/mol. The minimum absolute atomic E-state index is 0. The van der Waals surface area contributed by atoms with E-state index in [9.17, 15) is 35.1 Å². The molecular weight excluding hydrogens is 892 g/mol. The van der Waals surface area contributed by atoms with Gasteiger partial charge in [0.15, 0.2) is 5.71 Å². The van der Waals surface area contributed by atoms with Crippen LogP contribution in [0.1, 0.15) is 84.3 Å². The van der Waals surface area contributed by atoms with Crippen molar-refractivity contribution in [2.75, 3.05) is 23.7 Å². The number of anilines is 1. The summed E-state index contributed by atoms with van der Waals surface area (Å²) in [7, 11) is 0. The first kappa shape index (κ1) is 58.3. The first-order valence-electron chi connectivity index (χ1n) is 19.9. The van der Waals surface area contributed by atoms with E-state index < -0.39 is 30.3 Å². The van der Waals surface area contributed by atoms with Gasteiger partial charge in [-0.3, -0.25) is 14.9 Å². The molecule has 0 radical (unpaired) electrons. The van der Waals surface area contributed by atoms with Gasteiger partial charge >= 0.3 is 88.7 Å². The Kier molecular flexibility index (Phi) is 25.4. The second kappa shape index (κ2) is 27.9. The molecule has 14 nitrogen and oxygen atoms in total. The van der Waals surface area contributed by atoms with Crippen LogP contribution < -0.4 is 120 Å². The van der Waals surface area contributed by atoms with E-state index in [0.717, 1.165) is 87.5 Å². The fourth-order valence-corrected chi connectivity index (χ4v) is 8.94. The Morgan fingerprint density at radius 1 is 0.891 bits per heavy atom. The molecule has 0 spiro atoms. The summed E-state index contributed by atoms with van der Waals surface area (Å²) in [6, 6.07) is 16.7. The summed E-state index contributed by atoms with van der Waals surface area (Å²) in [6.45, 7) is 12.2. The van der Waals surface area contributed by atoms with Crippen molar-refractivity contribution in [2.45, 2.75) is 94.9 Å². The van der Waals surface area contributed by atoms with Gasteiger partial charge in [0.25, 0.3) is 0 Å². The average Bonchev–Trinajstić information content (AvgIpc) is 3.57. The number of nitrogens with zero attached hydrogens (tertiary/aromatic N) is 2. The fourth-order valence-electron chi connectivity index (χ4n) is 8.10. The predicted molar refractivity (Wildman–Crippen MR) is 226 cm³/mol. The molecular formula is C45H50N3Na3O11S2. The summed E-state index contributed by atoms with van der Waals surface area (Å²) >= 11 is 1.84. The summed E-state index contributed by atoms with van der Waals surface area (Å²) in [5.41, 5.74) is 7.16. The van der Waals surface area contributed by atoms with Gasteiger partial charge < -0.3 is 40.5 Å². The van der Waals surface area contributed by atoms with Crippen LogP contribution in [0.4, 0.5) is 11.4 Å². The Balaban J connectivity index is 0.00000469. The minimum atomic E-state index is -1.67. The van der Waals surface area contributed by atoms with Crippen LogP contribution in [-0.4, -0.2) is 53.0 Å². The maximum atomic E-state index is 12.4. The predicted octanol–water partition coefficient (Wildman–Crippen LogP) is -4.60. The van der Waals surface area contributed by atoms with Gasteiger partial charge in [-0.1, -0.05) is 68.0 Å². The largest absolute Gasteiger partial charge is 1.00 e. The number of carbonyl (C=O) groups is 3. The molecule has 3 aromatic rings. The van der Waals surface area contributed by atoms with Crippen LogP contribution in [0.15, 0.2) is 107 Å². The van der Waals surface area contributed by atoms with Gasteiger partial charge in [0.2, 0.25) is 11.6 Å². The fraction of sp³-hybridized carbons (Fsp3) is 0.378. The number of hydrogen-bond acceptors (Lipinski definition) is 14. The SMILES string of the molecule is CC(/C=C/C=C1/N(CCCCC(=O)NC(CC(=O)[O-])C(=O)[O-])c2ccccc2C1(C)C)=C\C=C\C1=[N+](CCCCSOO[O-])c2ccc3cc(SOO[O-])ccc3c2C1(C)C.[Na+].[Na+].[Na+]. The van der Waals surface area contributed by atoms with E-state index >= 15 is 0 Å². The molecule has 0 saturated heterocycles. The topological polar surface area (TPSA) is 199 Å². The monoisotopic (exact) mass is 941 g/mol. The third-order valence-corrected chi connectivity index (χ3v) is 12.1. The first-order valence-corrected chi connectivity index (χ1v) is 21.6. The number of hydrogen-bond donors (Lipinski definition) is 1. The number of fused-ring (bicyclic) bond motifs is 4. The van der Waals surface area contributed by atoms with Gasteiger partial charge in [0, 0.05) is 89.0 Å². The molecule has 2 heterocycles. The summed E-state index contributed by atoms with van der Waals surface area (Å²) < 4.78 is 11.3. The van der Waals surface area contributed by atoms with Gasteiger partial charge in [0.1, 0.15) is 6.54 Å². The smallest absolute Gasteiger partial charge is 0.691 e. The summed E-state index contributed by atoms with van der Waals surface area (Å²) in [5.74, 6) is -3.20. The first-order chi connectivity index (χ1) is 29.2. The minimum Gasteiger partial charge on any atom is -0.691 e. The quantitative estimate of drug-likeness (QED) is 0.0181. The van der Waals surface area contributed by atoms with Crippen molar-refractivity contribution in [3.63, 3.8) is 0 Å². The van der Waals surface area contributed by atoms with Gasteiger partial charge in [-0.15, -0.1) is 0 Å². The van der Waals surface area contributed by atoms with E-state index in [1.165, 1.54) is 11.1 Å². The van der Waals surface area contributed by atoms with Crippen molar-refractivity contribution in [1.82, 2.24) is 5.32 Å². The number of allylic oxidation sites excluding steroid dienone is 8. The number of unbranched alkanes of at least 4 members (excludes halogenated alkanes) is 2. The number of carboxylic acids is 2. The number of carboxylic acid groups (broad SMARTS) is 2. The normalized spacial score (nSPS) is 16.1. The van der Waals surface area contributed by atoms with Crippen LogP contribution in [-0.2, 0) is 44.0 Å². The van der Waals surface area contributed by atoms with Crippen LogP contribution in [0.25, 0.3) is 10.8 Å². The van der Waals surface area contributed by atoms with Crippen molar-refractivity contribution in [3.05, 3.63) is 113 Å². The molecule has 3 aromatic carbocycles. The van der Waals surface area contributed by atoms with Crippen molar-refractivity contribution in [2.24, 2.45) is 0 Å². The van der Waals surface area contributed by atoms with Gasteiger partial charge in [-0.2, -0.15) is 13.2 Å². The van der Waals surface area contributed by atoms with E-state index in [0.29, 0.717) is 25.1 Å². The Bertz CT molecular complexity index is 2250. The molecule has 5 rings (SSSR count). The zero-order chi connectivity index (χ0) is 44.2. The molecule has 1 atom stereocenters. The van der Waals surface area contributed by atoms with Crippen molar-refractivity contribution in [1.29, 1.82) is 0 Å². The number of benzene rings is 3. The third-order valence-electron chi connectivity index (χ3n) is 11.0. The molecule has 1 amide bonds. The Labute approximate surface area is 449 Å². The molecule has 0 bridgehead atoms. The van der Waals surface area contributed by atoms with Crippen LogP contribution in [0.3, 0.4) is 0 Å². The Morgan fingerprint density at radius 2 is 1.62 bits per heavy atom. The van der Waals surface area contributed by atoms with Crippen LogP contribution in [0, 0.1) is 0 Å². The van der Waals surface area contributed by atoms with Crippen molar-refractivity contribution >= 4 is 69.8 Å². The summed E-state index contributed by atoms with van der Waals surface area (Å²) in [4.78, 5) is 37.6. The molecule has 19 heteroatoms. The Morgan fingerprint density at radius 3 is 2.33 bits per heavy atom. The van der Waals surface area contributed by atoms with E-state index in [4.69, 9.17) is 0 Å². The standard InChI is InChI=1S/C45H53N3O11S2.3Na/c1-30(14-12-18-38-44(2,3)34-16-6-7-17-36(34)47(38)25-9-8-20-40(49)46-35(43(52)53)29-41(50)51)15-13-19-39-45(4,5)42-33-23-22-32(61-59-57-55)28-31(33)21-24-37(42)48(39)26-10-11-27-60-58-56-54;;;/h6-7,12-19,21-24,28,35H,8-11,20,25-27,29H2,1-5H3,(H4-,46,49,50,51,52,53,54,55);;;/q;3*+1/p-3. The number of aliphatic carboxylic acids is 2. The van der Waals surface area contributed by atoms with Crippen LogP contribution >= 0.6 is 24.1 Å². The second-order valence-corrected chi connectivity index (χ2v) is 17.4. The van der Waals surface area contributed by atoms with E-state index in [1.54, 1.807) is 0 Å². The number of carbonyl (C=O) groups excluding carboxylic acids is 3. The zero-order valence-electron chi connectivity index (χ0n) is 37.8. The molecule has 326 valence electrons. The number of amides is 1. The molecule has 1 N–H and O–H groups in total. The number of rotatable bonds is 23. The zero-order valence-corrected chi connectivity index (χ0v) is 45.4. The molecule has 0 saturated carbocycles. The molecule has 2 aliphatic heterocycles. The summed E-state index contributed by atoms with van der Waals surface area (Å²) in [5, 5.41) is 54.1. The molecule has 2 aliphatic rings. The van der Waals surface area contributed by atoms with Crippen LogP contribution in [0.2, 0.25) is 0 Å². The number of nitrogens with one attached hydrogen (secondary N) is 1. The van der Waals surface area contributed by atoms with Gasteiger partial charge in [-0.25, -0.2) is 0 Å². The molecule has 64 heavy (non-hydrogen) atoms. The van der Waals surface area contributed by atoms with E-state index in [-0.39, 0.29) is 106 Å². The maximum Gasteiger partial charge on any atom is 1.00 e. The maximum absolute atomic E-state index is 12.4. The second-order valence-electron chi connectivity index (χ2n) is 15.8. The van der Waals surface area contributed by atoms with E-state index in [2.05, 4.69) is 116 Å². The summed E-state index contributed by atoms with van der Waals surface area (Å²) in [6.07, 6.45) is 14.5.